The Bertz CT molecular complexity index is 348. The number of amidine groups is 1. The van der Waals surface area contributed by atoms with Gasteiger partial charge in [0.2, 0.25) is 0 Å². The summed E-state index contributed by atoms with van der Waals surface area (Å²) in [7, 11) is 1.72. The molecular formula is C14H27N3O3S. The smallest absolute Gasteiger partial charge is 0.140 e. The molecule has 6 nitrogen and oxygen atoms in total. The van der Waals surface area contributed by atoms with Crippen molar-refractivity contribution in [3.8, 4) is 0 Å². The molecule has 7 heteroatoms. The van der Waals surface area contributed by atoms with Crippen molar-refractivity contribution >= 4 is 17.6 Å². The second kappa shape index (κ2) is 8.22. The molecule has 0 bridgehead atoms. The summed E-state index contributed by atoms with van der Waals surface area (Å²) in [6.07, 6.45) is 3.87. The summed E-state index contributed by atoms with van der Waals surface area (Å²) < 4.78 is 11.3. The van der Waals surface area contributed by atoms with E-state index >= 15 is 0 Å². The van der Waals surface area contributed by atoms with Crippen LogP contribution >= 0.6 is 11.8 Å². The highest BCUT2D eigenvalue weighted by atomic mass is 32.2. The Labute approximate surface area is 131 Å². The van der Waals surface area contributed by atoms with Crippen LogP contribution in [0, 0.1) is 0 Å². The maximum Gasteiger partial charge on any atom is 0.140 e. The number of oxime groups is 1. The molecule has 0 aromatic heterocycles. The van der Waals surface area contributed by atoms with Gasteiger partial charge in [-0.2, -0.15) is 11.8 Å². The predicted octanol–water partition coefficient (Wildman–Crippen LogP) is 1.13. The van der Waals surface area contributed by atoms with Gasteiger partial charge in [-0.05, 0) is 25.0 Å². The predicted molar refractivity (Wildman–Crippen MR) is 85.1 cm³/mol. The number of nitrogens with zero attached hydrogens (tertiary/aromatic N) is 2. The molecule has 2 unspecified atom stereocenters. The Kier molecular flexibility index (Phi) is 6.60. The molecule has 2 aliphatic heterocycles. The zero-order valence-corrected chi connectivity index (χ0v) is 13.6. The molecule has 0 saturated carbocycles. The molecule has 2 rings (SSSR count). The number of methoxy groups -OCH3 is 1. The van der Waals surface area contributed by atoms with Gasteiger partial charge in [0.05, 0.1) is 12.2 Å². The van der Waals surface area contributed by atoms with E-state index in [0.29, 0.717) is 19.1 Å². The van der Waals surface area contributed by atoms with Gasteiger partial charge in [-0.15, -0.1) is 0 Å². The van der Waals surface area contributed by atoms with Gasteiger partial charge in [-0.3, -0.25) is 4.90 Å². The molecule has 2 atom stereocenters. The largest absolute Gasteiger partial charge is 0.409 e. The highest BCUT2D eigenvalue weighted by Gasteiger charge is 2.41. The second-order valence-electron chi connectivity index (χ2n) is 5.85. The Morgan fingerprint density at radius 2 is 2.43 bits per heavy atom. The first-order valence-corrected chi connectivity index (χ1v) is 8.76. The lowest BCUT2D eigenvalue weighted by atomic mass is 9.89. The highest BCUT2D eigenvalue weighted by molar-refractivity contribution is 7.99. The van der Waals surface area contributed by atoms with Gasteiger partial charge in [-0.1, -0.05) is 5.16 Å². The van der Waals surface area contributed by atoms with Crippen LogP contribution in [0.25, 0.3) is 0 Å². The Morgan fingerprint density at radius 1 is 1.57 bits per heavy atom. The summed E-state index contributed by atoms with van der Waals surface area (Å²) in [5.74, 6) is 2.60. The minimum atomic E-state index is 0.0789. The molecular weight excluding hydrogens is 290 g/mol. The monoisotopic (exact) mass is 317 g/mol. The van der Waals surface area contributed by atoms with Crippen molar-refractivity contribution in [1.82, 2.24) is 4.90 Å². The summed E-state index contributed by atoms with van der Waals surface area (Å²) in [6.45, 7) is 3.21. The van der Waals surface area contributed by atoms with Crippen molar-refractivity contribution in [2.45, 2.75) is 37.3 Å². The van der Waals surface area contributed by atoms with Crippen LogP contribution in [0.5, 0.6) is 0 Å². The lowest BCUT2D eigenvalue weighted by Gasteiger charge is -2.42. The van der Waals surface area contributed by atoms with Crippen molar-refractivity contribution in [1.29, 1.82) is 0 Å². The minimum Gasteiger partial charge on any atom is -0.409 e. The van der Waals surface area contributed by atoms with Gasteiger partial charge in [0.1, 0.15) is 5.84 Å². The third kappa shape index (κ3) is 4.74. The fraction of sp³-hybridized carbons (Fsp3) is 0.929. The van der Waals surface area contributed by atoms with Crippen LogP contribution in [0.2, 0.25) is 0 Å². The standard InChI is InChI=1S/C14H27N3O3S/c1-19-8-6-17(5-2-13(15)16-18)12-3-7-20-14(10-12)4-9-21-11-14/h12,18H,2-11H2,1H3,(H2,15,16). The number of hydrogen-bond donors (Lipinski definition) is 2. The summed E-state index contributed by atoms with van der Waals surface area (Å²) in [5.41, 5.74) is 5.69. The molecule has 122 valence electrons. The van der Waals surface area contributed by atoms with Crippen LogP contribution < -0.4 is 5.73 Å². The van der Waals surface area contributed by atoms with Gasteiger partial charge in [-0.25, -0.2) is 0 Å². The molecule has 21 heavy (non-hydrogen) atoms. The molecule has 0 aromatic carbocycles. The highest BCUT2D eigenvalue weighted by Crippen LogP contribution is 2.39. The number of nitrogens with two attached hydrogens (primary N) is 1. The van der Waals surface area contributed by atoms with Crippen LogP contribution in [0.4, 0.5) is 0 Å². The molecule has 2 heterocycles. The fourth-order valence-corrected chi connectivity index (χ4v) is 4.55. The minimum absolute atomic E-state index is 0.0789. The van der Waals surface area contributed by atoms with Crippen LogP contribution in [-0.4, -0.2) is 72.5 Å². The molecule has 2 saturated heterocycles. The lowest BCUT2D eigenvalue weighted by Crippen LogP contribution is -2.50. The van der Waals surface area contributed by atoms with Crippen molar-refractivity contribution in [3.05, 3.63) is 0 Å². The molecule has 1 spiro atoms. The van der Waals surface area contributed by atoms with Gasteiger partial charge >= 0.3 is 0 Å². The zero-order chi connectivity index (χ0) is 15.1. The summed E-state index contributed by atoms with van der Waals surface area (Å²) in [4.78, 5) is 2.41. The van der Waals surface area contributed by atoms with Crippen molar-refractivity contribution in [2.24, 2.45) is 10.9 Å². The second-order valence-corrected chi connectivity index (χ2v) is 6.96. The first-order valence-electron chi connectivity index (χ1n) is 7.60. The fourth-order valence-electron chi connectivity index (χ4n) is 3.17. The van der Waals surface area contributed by atoms with Gasteiger partial charge in [0, 0.05) is 45.0 Å². The first kappa shape index (κ1) is 16.9. The van der Waals surface area contributed by atoms with E-state index in [1.807, 2.05) is 11.8 Å². The summed E-state index contributed by atoms with van der Waals surface area (Å²) in [5, 5.41) is 11.8. The van der Waals surface area contributed by atoms with E-state index in [4.69, 9.17) is 20.4 Å². The van der Waals surface area contributed by atoms with E-state index in [2.05, 4.69) is 10.1 Å². The molecule has 0 amide bonds. The van der Waals surface area contributed by atoms with Crippen LogP contribution in [0.1, 0.15) is 25.7 Å². The molecule has 3 N–H and O–H groups in total. The molecule has 2 aliphatic rings. The SMILES string of the molecule is COCCN(CCC(N)=NO)C1CCOC2(CCSC2)C1. The van der Waals surface area contributed by atoms with E-state index in [1.165, 1.54) is 5.75 Å². The van der Waals surface area contributed by atoms with Gasteiger partial charge in [0.25, 0.3) is 0 Å². The molecule has 0 radical (unpaired) electrons. The quantitative estimate of drug-likeness (QED) is 0.317. The number of ether oxygens (including phenoxy) is 2. The van der Waals surface area contributed by atoms with E-state index in [0.717, 1.165) is 44.7 Å². The van der Waals surface area contributed by atoms with Crippen molar-refractivity contribution < 1.29 is 14.7 Å². The Balaban J connectivity index is 1.94. The third-order valence-corrected chi connectivity index (χ3v) is 5.64. The molecule has 0 aliphatic carbocycles. The topological polar surface area (TPSA) is 80.3 Å². The number of rotatable bonds is 7. The Morgan fingerprint density at radius 3 is 3.10 bits per heavy atom. The zero-order valence-electron chi connectivity index (χ0n) is 12.8. The summed E-state index contributed by atoms with van der Waals surface area (Å²) >= 11 is 1.99. The first-order chi connectivity index (χ1) is 10.2. The molecule has 2 fully saturated rings. The average Bonchev–Trinajstić information content (AvgIpc) is 2.94. The maximum absolute atomic E-state index is 8.70. The maximum atomic E-state index is 8.70. The van der Waals surface area contributed by atoms with E-state index in [9.17, 15) is 0 Å². The normalized spacial score (nSPS) is 30.4. The van der Waals surface area contributed by atoms with Gasteiger partial charge < -0.3 is 20.4 Å². The van der Waals surface area contributed by atoms with Gasteiger partial charge in [0.15, 0.2) is 0 Å². The molecule has 0 aromatic rings. The third-order valence-electron chi connectivity index (χ3n) is 4.42. The van der Waals surface area contributed by atoms with Crippen molar-refractivity contribution in [2.75, 3.05) is 44.9 Å². The van der Waals surface area contributed by atoms with Crippen LogP contribution in [0.15, 0.2) is 5.16 Å². The summed E-state index contributed by atoms with van der Waals surface area (Å²) in [6, 6.07) is 0.499. The van der Waals surface area contributed by atoms with E-state index in [-0.39, 0.29) is 11.4 Å². The average molecular weight is 317 g/mol. The van der Waals surface area contributed by atoms with E-state index < -0.39 is 0 Å². The number of hydrogen-bond acceptors (Lipinski definition) is 6. The van der Waals surface area contributed by atoms with Crippen LogP contribution in [0.3, 0.4) is 0 Å². The van der Waals surface area contributed by atoms with E-state index in [1.54, 1.807) is 7.11 Å². The lowest BCUT2D eigenvalue weighted by molar-refractivity contribution is -0.0909. The van der Waals surface area contributed by atoms with Crippen molar-refractivity contribution in [3.63, 3.8) is 0 Å². The number of thioether (sulfide) groups is 1. The van der Waals surface area contributed by atoms with Crippen LogP contribution in [-0.2, 0) is 9.47 Å². The Hall–Kier alpha value is -0.500.